The Kier molecular flexibility index (Phi) is 5.42. The van der Waals surface area contributed by atoms with E-state index in [1.54, 1.807) is 18.2 Å². The first-order chi connectivity index (χ1) is 11.6. The largest absolute Gasteiger partial charge is 0.319 e. The van der Waals surface area contributed by atoms with Gasteiger partial charge >= 0.3 is 0 Å². The second-order valence-electron chi connectivity index (χ2n) is 6.64. The van der Waals surface area contributed by atoms with Crippen LogP contribution in [0.25, 0.3) is 0 Å². The average molecular weight is 332 g/mol. The number of nitrogens with one attached hydrogen (secondary N) is 2. The standard InChI is InChI=1S/C17H24N4O3/c22-17(19-15-4-1-2-6-16(15)21(23)24)12-20-10-7-13(8-11-20)14-5-3-9-18-14/h1-2,4,6,13-14,18H,3,5,7-12H2,(H,19,22). The Labute approximate surface area is 141 Å². The molecule has 1 atom stereocenters. The molecule has 1 amide bonds. The first kappa shape index (κ1) is 16.9. The number of benzene rings is 1. The van der Waals surface area contributed by atoms with Crippen LogP contribution in [0, 0.1) is 16.0 Å². The van der Waals surface area contributed by atoms with Crippen molar-refractivity contribution < 1.29 is 9.72 Å². The first-order valence-electron chi connectivity index (χ1n) is 8.62. The van der Waals surface area contributed by atoms with Crippen LogP contribution in [0.1, 0.15) is 25.7 Å². The summed E-state index contributed by atoms with van der Waals surface area (Å²) in [6, 6.07) is 6.88. The highest BCUT2D eigenvalue weighted by Crippen LogP contribution is 2.26. The van der Waals surface area contributed by atoms with Crippen LogP contribution in [-0.2, 0) is 4.79 Å². The quantitative estimate of drug-likeness (QED) is 0.636. The maximum Gasteiger partial charge on any atom is 0.292 e. The molecular weight excluding hydrogens is 308 g/mol. The lowest BCUT2D eigenvalue weighted by Gasteiger charge is -2.34. The van der Waals surface area contributed by atoms with Crippen LogP contribution in [0.4, 0.5) is 11.4 Å². The zero-order chi connectivity index (χ0) is 16.9. The molecule has 0 aliphatic carbocycles. The van der Waals surface area contributed by atoms with Crippen LogP contribution in [0.2, 0.25) is 0 Å². The molecule has 1 aromatic rings. The molecule has 0 radical (unpaired) electrons. The molecule has 130 valence electrons. The Bertz CT molecular complexity index is 593. The van der Waals surface area contributed by atoms with Gasteiger partial charge in [0.15, 0.2) is 0 Å². The second-order valence-corrected chi connectivity index (χ2v) is 6.64. The number of hydrogen-bond acceptors (Lipinski definition) is 5. The minimum absolute atomic E-state index is 0.0723. The normalized spacial score (nSPS) is 22.4. The highest BCUT2D eigenvalue weighted by molar-refractivity contribution is 5.94. The van der Waals surface area contributed by atoms with Crippen LogP contribution >= 0.6 is 0 Å². The van der Waals surface area contributed by atoms with E-state index in [2.05, 4.69) is 15.5 Å². The zero-order valence-electron chi connectivity index (χ0n) is 13.7. The van der Waals surface area contributed by atoms with Crippen molar-refractivity contribution in [1.29, 1.82) is 0 Å². The van der Waals surface area contributed by atoms with Gasteiger partial charge in [-0.15, -0.1) is 0 Å². The van der Waals surface area contributed by atoms with E-state index in [0.29, 0.717) is 12.0 Å². The van der Waals surface area contributed by atoms with Crippen molar-refractivity contribution >= 4 is 17.3 Å². The topological polar surface area (TPSA) is 87.5 Å². The summed E-state index contributed by atoms with van der Waals surface area (Å²) in [5, 5.41) is 17.2. The van der Waals surface area contributed by atoms with E-state index in [1.807, 2.05) is 0 Å². The third-order valence-electron chi connectivity index (χ3n) is 5.04. The number of nitro groups is 1. The van der Waals surface area contributed by atoms with Gasteiger partial charge in [0.1, 0.15) is 5.69 Å². The van der Waals surface area contributed by atoms with E-state index in [9.17, 15) is 14.9 Å². The van der Waals surface area contributed by atoms with E-state index in [4.69, 9.17) is 0 Å². The van der Waals surface area contributed by atoms with Crippen molar-refractivity contribution in [1.82, 2.24) is 10.2 Å². The van der Waals surface area contributed by atoms with Gasteiger partial charge in [-0.05, 0) is 57.3 Å². The maximum absolute atomic E-state index is 12.2. The van der Waals surface area contributed by atoms with Crippen LogP contribution < -0.4 is 10.6 Å². The smallest absolute Gasteiger partial charge is 0.292 e. The fourth-order valence-corrected chi connectivity index (χ4v) is 3.76. The number of carbonyl (C=O) groups excluding carboxylic acids is 1. The Morgan fingerprint density at radius 3 is 2.71 bits per heavy atom. The number of hydrogen-bond donors (Lipinski definition) is 2. The highest BCUT2D eigenvalue weighted by atomic mass is 16.6. The molecule has 0 bridgehead atoms. The molecule has 3 rings (SSSR count). The van der Waals surface area contributed by atoms with Gasteiger partial charge in [-0.25, -0.2) is 0 Å². The third-order valence-corrected chi connectivity index (χ3v) is 5.04. The molecule has 0 aromatic heterocycles. The third kappa shape index (κ3) is 4.10. The predicted octanol–water partition coefficient (Wildman–Crippen LogP) is 2.00. The number of carbonyl (C=O) groups is 1. The summed E-state index contributed by atoms with van der Waals surface area (Å²) in [6.45, 7) is 3.24. The molecule has 7 nitrogen and oxygen atoms in total. The van der Waals surface area contributed by atoms with Crippen molar-refractivity contribution in [3.05, 3.63) is 34.4 Å². The molecule has 1 aromatic carbocycles. The fraction of sp³-hybridized carbons (Fsp3) is 0.588. The van der Waals surface area contributed by atoms with Gasteiger partial charge in [0.25, 0.3) is 5.69 Å². The molecule has 2 aliphatic rings. The zero-order valence-corrected chi connectivity index (χ0v) is 13.7. The molecule has 2 fully saturated rings. The van der Waals surface area contributed by atoms with Gasteiger partial charge in [0.05, 0.1) is 11.5 Å². The predicted molar refractivity (Wildman–Crippen MR) is 91.9 cm³/mol. The van der Waals surface area contributed by atoms with Crippen molar-refractivity contribution in [3.63, 3.8) is 0 Å². The summed E-state index contributed by atoms with van der Waals surface area (Å²) < 4.78 is 0. The minimum atomic E-state index is -0.476. The van der Waals surface area contributed by atoms with Gasteiger partial charge in [0.2, 0.25) is 5.91 Å². The molecule has 0 spiro atoms. The summed E-state index contributed by atoms with van der Waals surface area (Å²) in [5.41, 5.74) is 0.189. The van der Waals surface area contributed by atoms with Crippen LogP contribution in [0.5, 0.6) is 0 Å². The number of likely N-dealkylation sites (tertiary alicyclic amines) is 1. The number of nitro benzene ring substituents is 1. The monoisotopic (exact) mass is 332 g/mol. The van der Waals surface area contributed by atoms with E-state index in [1.165, 1.54) is 18.9 Å². The first-order valence-corrected chi connectivity index (χ1v) is 8.62. The molecule has 2 aliphatic heterocycles. The lowest BCUT2D eigenvalue weighted by atomic mass is 9.88. The lowest BCUT2D eigenvalue weighted by molar-refractivity contribution is -0.383. The number of para-hydroxylation sites is 2. The van der Waals surface area contributed by atoms with E-state index in [-0.39, 0.29) is 23.8 Å². The van der Waals surface area contributed by atoms with Gasteiger partial charge in [-0.2, -0.15) is 0 Å². The summed E-state index contributed by atoms with van der Waals surface area (Å²) >= 11 is 0. The minimum Gasteiger partial charge on any atom is -0.319 e. The molecule has 2 heterocycles. The van der Waals surface area contributed by atoms with Gasteiger partial charge in [-0.1, -0.05) is 12.1 Å². The average Bonchev–Trinajstić information content (AvgIpc) is 3.10. The fourth-order valence-electron chi connectivity index (χ4n) is 3.76. The molecule has 7 heteroatoms. The Morgan fingerprint density at radius 2 is 2.04 bits per heavy atom. The molecule has 2 N–H and O–H groups in total. The Hall–Kier alpha value is -1.99. The molecule has 2 saturated heterocycles. The van der Waals surface area contributed by atoms with E-state index < -0.39 is 4.92 Å². The summed E-state index contributed by atoms with van der Waals surface area (Å²) in [4.78, 5) is 24.9. The van der Waals surface area contributed by atoms with E-state index >= 15 is 0 Å². The van der Waals surface area contributed by atoms with Crippen molar-refractivity contribution in [2.75, 3.05) is 31.5 Å². The number of nitrogens with zero attached hydrogens (tertiary/aromatic N) is 2. The van der Waals surface area contributed by atoms with Crippen LogP contribution in [0.15, 0.2) is 24.3 Å². The van der Waals surface area contributed by atoms with Crippen LogP contribution in [-0.4, -0.2) is 48.0 Å². The molecule has 1 unspecified atom stereocenters. The summed E-state index contributed by atoms with van der Waals surface area (Å²) in [5.74, 6) is 0.517. The maximum atomic E-state index is 12.2. The van der Waals surface area contributed by atoms with Crippen molar-refractivity contribution in [2.24, 2.45) is 5.92 Å². The number of anilines is 1. The molecule has 0 saturated carbocycles. The number of piperidine rings is 1. The van der Waals surface area contributed by atoms with E-state index in [0.717, 1.165) is 32.5 Å². The van der Waals surface area contributed by atoms with Gasteiger partial charge in [-0.3, -0.25) is 19.8 Å². The van der Waals surface area contributed by atoms with Crippen molar-refractivity contribution in [2.45, 2.75) is 31.7 Å². The molecule has 24 heavy (non-hydrogen) atoms. The Balaban J connectivity index is 1.48. The summed E-state index contributed by atoms with van der Waals surface area (Å²) in [6.07, 6.45) is 4.75. The second kappa shape index (κ2) is 7.72. The SMILES string of the molecule is O=C(CN1CCC(C2CCCN2)CC1)Nc1ccccc1[N+](=O)[O-]. The van der Waals surface area contributed by atoms with Crippen LogP contribution in [0.3, 0.4) is 0 Å². The highest BCUT2D eigenvalue weighted by Gasteiger charge is 2.29. The van der Waals surface area contributed by atoms with Gasteiger partial charge < -0.3 is 10.6 Å². The summed E-state index contributed by atoms with van der Waals surface area (Å²) in [7, 11) is 0. The van der Waals surface area contributed by atoms with Crippen molar-refractivity contribution in [3.8, 4) is 0 Å². The number of rotatable bonds is 5. The lowest BCUT2D eigenvalue weighted by Crippen LogP contribution is -2.43. The Morgan fingerprint density at radius 1 is 1.29 bits per heavy atom. The molecular formula is C17H24N4O3. The number of amides is 1. The van der Waals surface area contributed by atoms with Gasteiger partial charge in [0, 0.05) is 12.1 Å².